The zero-order chi connectivity index (χ0) is 15.2. The Labute approximate surface area is 148 Å². The van der Waals surface area contributed by atoms with Crippen LogP contribution < -0.4 is 5.32 Å². The lowest BCUT2D eigenvalue weighted by Gasteiger charge is -2.33. The molecular weight excluding hydrogens is 396 g/mol. The van der Waals surface area contributed by atoms with Crippen LogP contribution in [0.1, 0.15) is 32.3 Å². The summed E-state index contributed by atoms with van der Waals surface area (Å²) in [7, 11) is 0. The Morgan fingerprint density at radius 1 is 1.41 bits per heavy atom. The number of rotatable bonds is 3. The molecule has 0 atom stereocenters. The maximum Gasteiger partial charge on any atom is 0.194 e. The van der Waals surface area contributed by atoms with E-state index in [0.717, 1.165) is 37.1 Å². The zero-order valence-corrected chi connectivity index (χ0v) is 15.5. The number of piperidine rings is 1. The minimum absolute atomic E-state index is 0. The number of guanidine groups is 1. The molecule has 0 aliphatic carbocycles. The van der Waals surface area contributed by atoms with Crippen LogP contribution in [-0.4, -0.2) is 35.6 Å². The van der Waals surface area contributed by atoms with Gasteiger partial charge in [-0.05, 0) is 43.4 Å². The van der Waals surface area contributed by atoms with Crippen LogP contribution >= 0.6 is 24.0 Å². The fourth-order valence-electron chi connectivity index (χ4n) is 2.46. The van der Waals surface area contributed by atoms with Gasteiger partial charge in [0.15, 0.2) is 17.5 Å². The summed E-state index contributed by atoms with van der Waals surface area (Å²) in [5.74, 6) is 0.743. The van der Waals surface area contributed by atoms with E-state index in [2.05, 4.69) is 22.1 Å². The summed E-state index contributed by atoms with van der Waals surface area (Å²) in [4.78, 5) is 6.85. The highest BCUT2D eigenvalue weighted by Gasteiger charge is 2.18. The van der Waals surface area contributed by atoms with E-state index in [1.807, 2.05) is 6.92 Å². The van der Waals surface area contributed by atoms with Gasteiger partial charge in [-0.3, -0.25) is 0 Å². The third-order valence-corrected chi connectivity index (χ3v) is 3.84. The molecule has 0 bridgehead atoms. The van der Waals surface area contributed by atoms with E-state index in [-0.39, 0.29) is 29.7 Å². The van der Waals surface area contributed by atoms with Crippen molar-refractivity contribution in [3.8, 4) is 5.75 Å². The number of phenols is 1. The van der Waals surface area contributed by atoms with Crippen LogP contribution in [0.25, 0.3) is 0 Å². The van der Waals surface area contributed by atoms with Crippen molar-refractivity contribution in [3.05, 3.63) is 29.6 Å². The molecule has 0 spiro atoms. The fourth-order valence-corrected chi connectivity index (χ4v) is 2.46. The lowest BCUT2D eigenvalue weighted by molar-refractivity contribution is 0.273. The molecule has 2 N–H and O–H groups in total. The molecule has 2 rings (SSSR count). The molecule has 1 fully saturated rings. The fraction of sp³-hybridized carbons (Fsp3) is 0.562. The first-order valence-electron chi connectivity index (χ1n) is 7.60. The molecule has 4 nitrogen and oxygen atoms in total. The second-order valence-corrected chi connectivity index (χ2v) is 5.63. The van der Waals surface area contributed by atoms with Gasteiger partial charge in [0.05, 0.1) is 6.54 Å². The first kappa shape index (κ1) is 19.0. The lowest BCUT2D eigenvalue weighted by Crippen LogP contribution is -2.45. The molecule has 124 valence electrons. The summed E-state index contributed by atoms with van der Waals surface area (Å²) in [5, 5.41) is 12.5. The molecule has 1 saturated heterocycles. The molecule has 0 saturated carbocycles. The van der Waals surface area contributed by atoms with Gasteiger partial charge in [0.25, 0.3) is 0 Å². The van der Waals surface area contributed by atoms with Crippen molar-refractivity contribution in [1.29, 1.82) is 0 Å². The normalized spacial score (nSPS) is 16.3. The predicted molar refractivity (Wildman–Crippen MR) is 98.3 cm³/mol. The Morgan fingerprint density at radius 3 is 2.68 bits per heavy atom. The van der Waals surface area contributed by atoms with Crippen LogP contribution in [0.5, 0.6) is 5.75 Å². The van der Waals surface area contributed by atoms with E-state index in [1.54, 1.807) is 6.07 Å². The molecule has 1 aliphatic rings. The summed E-state index contributed by atoms with van der Waals surface area (Å²) in [6.07, 6.45) is 2.36. The van der Waals surface area contributed by atoms with Crippen molar-refractivity contribution in [3.63, 3.8) is 0 Å². The average molecular weight is 421 g/mol. The van der Waals surface area contributed by atoms with Crippen molar-refractivity contribution in [2.75, 3.05) is 19.6 Å². The van der Waals surface area contributed by atoms with Crippen molar-refractivity contribution in [1.82, 2.24) is 10.2 Å². The molecular formula is C16H25FIN3O. The summed E-state index contributed by atoms with van der Waals surface area (Å²) in [5.41, 5.74) is 0.756. The number of aromatic hydroxyl groups is 1. The topological polar surface area (TPSA) is 47.9 Å². The zero-order valence-electron chi connectivity index (χ0n) is 13.2. The number of halogens is 2. The Bertz CT molecular complexity index is 502. The van der Waals surface area contributed by atoms with Crippen molar-refractivity contribution < 1.29 is 9.50 Å². The smallest absolute Gasteiger partial charge is 0.194 e. The molecule has 22 heavy (non-hydrogen) atoms. The predicted octanol–water partition coefficient (Wildman–Crippen LogP) is 3.35. The Morgan fingerprint density at radius 2 is 2.09 bits per heavy atom. The van der Waals surface area contributed by atoms with Crippen LogP contribution in [0.3, 0.4) is 0 Å². The average Bonchev–Trinajstić information content (AvgIpc) is 2.48. The monoisotopic (exact) mass is 421 g/mol. The standard InChI is InChI=1S/C16H24FN3O.HI/c1-3-18-16(20-8-6-12(2)7-9-20)19-11-13-4-5-15(21)14(17)10-13;/h4-5,10,12,21H,3,6-9,11H2,1-2H3,(H,18,19);1H. The van der Waals surface area contributed by atoms with Gasteiger partial charge in [0, 0.05) is 19.6 Å². The minimum atomic E-state index is -0.598. The van der Waals surface area contributed by atoms with Crippen molar-refractivity contribution >= 4 is 29.9 Å². The second-order valence-electron chi connectivity index (χ2n) is 5.63. The highest BCUT2D eigenvalue weighted by molar-refractivity contribution is 14.0. The summed E-state index contributed by atoms with van der Waals surface area (Å²) >= 11 is 0. The maximum absolute atomic E-state index is 13.3. The third-order valence-electron chi connectivity index (χ3n) is 3.84. The molecule has 0 aromatic heterocycles. The number of hydrogen-bond donors (Lipinski definition) is 2. The van der Waals surface area contributed by atoms with Gasteiger partial charge in [0.2, 0.25) is 0 Å². The lowest BCUT2D eigenvalue weighted by atomic mass is 10.00. The number of benzene rings is 1. The molecule has 1 aromatic carbocycles. The van der Waals surface area contributed by atoms with E-state index in [1.165, 1.54) is 25.0 Å². The van der Waals surface area contributed by atoms with Crippen LogP contribution in [0.15, 0.2) is 23.2 Å². The minimum Gasteiger partial charge on any atom is -0.505 e. The van der Waals surface area contributed by atoms with E-state index in [4.69, 9.17) is 0 Å². The maximum atomic E-state index is 13.3. The van der Waals surface area contributed by atoms with Crippen LogP contribution in [0, 0.1) is 11.7 Å². The first-order chi connectivity index (χ1) is 10.1. The molecule has 0 amide bonds. The summed E-state index contributed by atoms with van der Waals surface area (Å²) in [6.45, 7) is 7.57. The second kappa shape index (κ2) is 9.17. The molecule has 1 aromatic rings. The van der Waals surface area contributed by atoms with Crippen molar-refractivity contribution in [2.24, 2.45) is 10.9 Å². The third kappa shape index (κ3) is 5.30. The largest absolute Gasteiger partial charge is 0.505 e. The molecule has 0 unspecified atom stereocenters. The quantitative estimate of drug-likeness (QED) is 0.447. The SMILES string of the molecule is CCNC(=NCc1ccc(O)c(F)c1)N1CCC(C)CC1.I. The van der Waals surface area contributed by atoms with Crippen LogP contribution in [-0.2, 0) is 6.54 Å². The van der Waals surface area contributed by atoms with E-state index >= 15 is 0 Å². The summed E-state index contributed by atoms with van der Waals surface area (Å²) < 4.78 is 13.3. The first-order valence-corrected chi connectivity index (χ1v) is 7.60. The van der Waals surface area contributed by atoms with Crippen LogP contribution in [0.4, 0.5) is 4.39 Å². The molecule has 6 heteroatoms. The van der Waals surface area contributed by atoms with Gasteiger partial charge in [-0.25, -0.2) is 9.38 Å². The van der Waals surface area contributed by atoms with Gasteiger partial charge in [-0.1, -0.05) is 13.0 Å². The number of phenolic OH excluding ortho intramolecular Hbond substituents is 1. The molecule has 0 radical (unpaired) electrons. The molecule has 1 aliphatic heterocycles. The van der Waals surface area contributed by atoms with E-state index < -0.39 is 5.82 Å². The van der Waals surface area contributed by atoms with E-state index in [9.17, 15) is 9.50 Å². The van der Waals surface area contributed by atoms with Crippen molar-refractivity contribution in [2.45, 2.75) is 33.2 Å². The van der Waals surface area contributed by atoms with Crippen LogP contribution in [0.2, 0.25) is 0 Å². The van der Waals surface area contributed by atoms with E-state index in [0.29, 0.717) is 6.54 Å². The number of nitrogens with zero attached hydrogens (tertiary/aromatic N) is 2. The Balaban J connectivity index is 0.00000242. The Hall–Kier alpha value is -1.05. The number of likely N-dealkylation sites (tertiary alicyclic amines) is 1. The van der Waals surface area contributed by atoms with Gasteiger partial charge in [-0.15, -0.1) is 24.0 Å². The number of aliphatic imine (C=N–C) groups is 1. The highest BCUT2D eigenvalue weighted by atomic mass is 127. The molecule has 1 heterocycles. The van der Waals surface area contributed by atoms with Gasteiger partial charge in [0.1, 0.15) is 0 Å². The summed E-state index contributed by atoms with van der Waals surface area (Å²) in [6, 6.07) is 4.40. The Kier molecular flexibility index (Phi) is 7.92. The number of hydrogen-bond acceptors (Lipinski definition) is 2. The van der Waals surface area contributed by atoms with Gasteiger partial charge < -0.3 is 15.3 Å². The highest BCUT2D eigenvalue weighted by Crippen LogP contribution is 2.18. The van der Waals surface area contributed by atoms with Gasteiger partial charge in [-0.2, -0.15) is 0 Å². The number of nitrogens with one attached hydrogen (secondary N) is 1. The van der Waals surface area contributed by atoms with Gasteiger partial charge >= 0.3 is 0 Å².